The molecule has 1 heterocycles. The van der Waals surface area contributed by atoms with E-state index >= 15 is 0 Å². The maximum absolute atomic E-state index is 12.5. The van der Waals surface area contributed by atoms with Gasteiger partial charge in [0.15, 0.2) is 0 Å². The first kappa shape index (κ1) is 14.1. The number of aryl methyl sites for hydroxylation is 1. The molecule has 0 aliphatic carbocycles. The highest BCUT2D eigenvalue weighted by molar-refractivity contribution is 7.92. The third kappa shape index (κ3) is 2.25. The standard InChI is InChI=1S/C12H13N3O4S/c1-8-10(12(16)17)11(14-13-8)20(18,19)15(2)9-6-4-3-5-7-9/h3-7H,1-2H3,(H,13,14)(H,16,17). The highest BCUT2D eigenvalue weighted by Gasteiger charge is 2.31. The highest BCUT2D eigenvalue weighted by Crippen LogP contribution is 2.24. The number of aromatic nitrogens is 2. The molecule has 0 aliphatic rings. The molecular formula is C12H13N3O4S. The van der Waals surface area contributed by atoms with E-state index in [9.17, 15) is 13.2 Å². The summed E-state index contributed by atoms with van der Waals surface area (Å²) < 4.78 is 25.9. The van der Waals surface area contributed by atoms with Gasteiger partial charge in [0.2, 0.25) is 5.03 Å². The molecule has 0 unspecified atom stereocenters. The number of hydrogen-bond donors (Lipinski definition) is 2. The third-order valence-electron chi connectivity index (χ3n) is 2.85. The number of benzene rings is 1. The molecule has 7 nitrogen and oxygen atoms in total. The summed E-state index contributed by atoms with van der Waals surface area (Å²) in [6.45, 7) is 1.46. The molecule has 0 fully saturated rings. The number of carbonyl (C=O) groups is 1. The first-order chi connectivity index (χ1) is 9.35. The van der Waals surface area contributed by atoms with E-state index in [0.717, 1.165) is 4.31 Å². The number of anilines is 1. The number of aromatic carboxylic acids is 1. The minimum atomic E-state index is -4.04. The van der Waals surface area contributed by atoms with Gasteiger partial charge in [-0.2, -0.15) is 13.5 Å². The van der Waals surface area contributed by atoms with Crippen molar-refractivity contribution in [3.8, 4) is 0 Å². The number of carboxylic acid groups (broad SMARTS) is 1. The second-order valence-electron chi connectivity index (χ2n) is 4.14. The molecule has 0 amide bonds. The SMILES string of the molecule is Cc1[nH]nc(S(=O)(=O)N(C)c2ccccc2)c1C(=O)O. The summed E-state index contributed by atoms with van der Waals surface area (Å²) in [7, 11) is -2.69. The third-order valence-corrected chi connectivity index (χ3v) is 4.57. The summed E-state index contributed by atoms with van der Waals surface area (Å²) in [6, 6.07) is 8.35. The van der Waals surface area contributed by atoms with Gasteiger partial charge >= 0.3 is 5.97 Å². The maximum Gasteiger partial charge on any atom is 0.340 e. The number of sulfonamides is 1. The first-order valence-electron chi connectivity index (χ1n) is 5.68. The van der Waals surface area contributed by atoms with Crippen LogP contribution in [0.2, 0.25) is 0 Å². The van der Waals surface area contributed by atoms with Crippen LogP contribution in [0.5, 0.6) is 0 Å². The molecule has 0 saturated carbocycles. The van der Waals surface area contributed by atoms with Crippen LogP contribution in [0.3, 0.4) is 0 Å². The predicted octanol–water partition coefficient (Wildman–Crippen LogP) is 1.24. The van der Waals surface area contributed by atoms with Crippen molar-refractivity contribution < 1.29 is 18.3 Å². The minimum Gasteiger partial charge on any atom is -0.478 e. The van der Waals surface area contributed by atoms with Crippen molar-refractivity contribution >= 4 is 21.7 Å². The lowest BCUT2D eigenvalue weighted by atomic mass is 10.3. The van der Waals surface area contributed by atoms with Gasteiger partial charge in [0.05, 0.1) is 5.69 Å². The lowest BCUT2D eigenvalue weighted by Crippen LogP contribution is -2.28. The Bertz CT molecular complexity index is 737. The van der Waals surface area contributed by atoms with Crippen molar-refractivity contribution in [2.75, 3.05) is 11.4 Å². The Kier molecular flexibility index (Phi) is 3.49. The molecule has 0 saturated heterocycles. The molecule has 0 bridgehead atoms. The van der Waals surface area contributed by atoms with Crippen LogP contribution in [0.25, 0.3) is 0 Å². The second-order valence-corrected chi connectivity index (χ2v) is 6.03. The number of aromatic amines is 1. The van der Waals surface area contributed by atoms with E-state index in [0.29, 0.717) is 5.69 Å². The van der Waals surface area contributed by atoms with Crippen LogP contribution in [0.15, 0.2) is 35.4 Å². The number of nitrogens with zero attached hydrogens (tertiary/aromatic N) is 2. The average molecular weight is 295 g/mol. The molecule has 2 aromatic rings. The van der Waals surface area contributed by atoms with Crippen molar-refractivity contribution in [2.24, 2.45) is 0 Å². The van der Waals surface area contributed by atoms with E-state index in [1.165, 1.54) is 14.0 Å². The highest BCUT2D eigenvalue weighted by atomic mass is 32.2. The van der Waals surface area contributed by atoms with Gasteiger partial charge in [0.25, 0.3) is 10.0 Å². The van der Waals surface area contributed by atoms with Gasteiger partial charge in [-0.15, -0.1) is 0 Å². The molecule has 2 rings (SSSR count). The van der Waals surface area contributed by atoms with Gasteiger partial charge in [-0.1, -0.05) is 18.2 Å². The molecule has 0 aliphatic heterocycles. The molecule has 20 heavy (non-hydrogen) atoms. The van der Waals surface area contributed by atoms with Crippen LogP contribution in [-0.2, 0) is 10.0 Å². The van der Waals surface area contributed by atoms with E-state index < -0.39 is 21.0 Å². The van der Waals surface area contributed by atoms with Crippen molar-refractivity contribution in [1.29, 1.82) is 0 Å². The first-order valence-corrected chi connectivity index (χ1v) is 7.12. The van der Waals surface area contributed by atoms with Crippen LogP contribution >= 0.6 is 0 Å². The van der Waals surface area contributed by atoms with E-state index in [1.54, 1.807) is 30.3 Å². The Balaban J connectivity index is 2.54. The maximum atomic E-state index is 12.5. The largest absolute Gasteiger partial charge is 0.478 e. The van der Waals surface area contributed by atoms with Crippen molar-refractivity contribution in [1.82, 2.24) is 10.2 Å². The summed E-state index contributed by atoms with van der Waals surface area (Å²) in [6.07, 6.45) is 0. The summed E-state index contributed by atoms with van der Waals surface area (Å²) >= 11 is 0. The van der Waals surface area contributed by atoms with Crippen molar-refractivity contribution in [3.05, 3.63) is 41.6 Å². The van der Waals surface area contributed by atoms with Gasteiger partial charge in [0, 0.05) is 12.7 Å². The lowest BCUT2D eigenvalue weighted by Gasteiger charge is -2.18. The Morgan fingerprint density at radius 3 is 2.45 bits per heavy atom. The summed E-state index contributed by atoms with van der Waals surface area (Å²) in [5.74, 6) is -1.34. The Labute approximate surface area is 115 Å². The number of nitrogens with one attached hydrogen (secondary N) is 1. The summed E-state index contributed by atoms with van der Waals surface area (Å²) in [5, 5.41) is 14.6. The monoisotopic (exact) mass is 295 g/mol. The second kappa shape index (κ2) is 4.97. The number of hydrogen-bond acceptors (Lipinski definition) is 4. The molecule has 2 N–H and O–H groups in total. The fraction of sp³-hybridized carbons (Fsp3) is 0.167. The Morgan fingerprint density at radius 2 is 1.90 bits per heavy atom. The zero-order valence-corrected chi connectivity index (χ0v) is 11.7. The van der Waals surface area contributed by atoms with Crippen LogP contribution < -0.4 is 4.31 Å². The van der Waals surface area contributed by atoms with Gasteiger partial charge in [-0.25, -0.2) is 4.79 Å². The fourth-order valence-electron chi connectivity index (χ4n) is 1.75. The van der Waals surface area contributed by atoms with Gasteiger partial charge in [-0.05, 0) is 19.1 Å². The quantitative estimate of drug-likeness (QED) is 0.883. The Morgan fingerprint density at radius 1 is 1.30 bits per heavy atom. The zero-order valence-electron chi connectivity index (χ0n) is 10.9. The molecule has 8 heteroatoms. The van der Waals surface area contributed by atoms with E-state index in [2.05, 4.69) is 10.2 Å². The topological polar surface area (TPSA) is 103 Å². The summed E-state index contributed by atoms with van der Waals surface area (Å²) in [4.78, 5) is 11.2. The predicted molar refractivity (Wildman–Crippen MR) is 72.3 cm³/mol. The fourth-order valence-corrected chi connectivity index (χ4v) is 3.07. The number of carboxylic acids is 1. The molecule has 106 valence electrons. The normalized spacial score (nSPS) is 11.3. The van der Waals surface area contributed by atoms with Crippen LogP contribution in [0.1, 0.15) is 16.1 Å². The van der Waals surface area contributed by atoms with Crippen LogP contribution in [-0.4, -0.2) is 36.7 Å². The molecule has 0 radical (unpaired) electrons. The van der Waals surface area contributed by atoms with Crippen LogP contribution in [0.4, 0.5) is 5.69 Å². The van der Waals surface area contributed by atoms with Crippen molar-refractivity contribution in [2.45, 2.75) is 11.9 Å². The van der Waals surface area contributed by atoms with Gasteiger partial charge < -0.3 is 5.11 Å². The number of para-hydroxylation sites is 1. The van der Waals surface area contributed by atoms with E-state index in [4.69, 9.17) is 5.11 Å². The Hall–Kier alpha value is -2.35. The molecule has 0 spiro atoms. The smallest absolute Gasteiger partial charge is 0.340 e. The van der Waals surface area contributed by atoms with Gasteiger partial charge in [0.1, 0.15) is 5.56 Å². The molecule has 0 atom stereocenters. The molecule has 1 aromatic carbocycles. The van der Waals surface area contributed by atoms with Crippen molar-refractivity contribution in [3.63, 3.8) is 0 Å². The molecular weight excluding hydrogens is 282 g/mol. The zero-order chi connectivity index (χ0) is 14.9. The average Bonchev–Trinajstić information content (AvgIpc) is 2.81. The van der Waals surface area contributed by atoms with Crippen LogP contribution in [0, 0.1) is 6.92 Å². The summed E-state index contributed by atoms with van der Waals surface area (Å²) in [5.41, 5.74) is 0.273. The number of H-pyrrole nitrogens is 1. The minimum absolute atomic E-state index is 0.192. The number of rotatable bonds is 4. The van der Waals surface area contributed by atoms with Gasteiger partial charge in [-0.3, -0.25) is 9.40 Å². The molecule has 1 aromatic heterocycles. The lowest BCUT2D eigenvalue weighted by molar-refractivity contribution is 0.0692. The van der Waals surface area contributed by atoms with E-state index in [1.807, 2.05) is 0 Å². The van der Waals surface area contributed by atoms with E-state index in [-0.39, 0.29) is 11.3 Å².